The molecule has 1 aliphatic heterocycles. The Labute approximate surface area is 179 Å². The van der Waals surface area contributed by atoms with Crippen molar-refractivity contribution in [2.75, 3.05) is 5.32 Å². The SMILES string of the molecule is CC1=NC(=O)NC(c2ccc(-c3cccs3)s2)C1C(=O)Nc1ccc2[nH]ncc2c1. The zero-order chi connectivity index (χ0) is 20.7. The zero-order valence-corrected chi connectivity index (χ0v) is 17.5. The van der Waals surface area contributed by atoms with Gasteiger partial charge in [0.1, 0.15) is 5.92 Å². The van der Waals surface area contributed by atoms with Gasteiger partial charge in [-0.2, -0.15) is 5.10 Å². The van der Waals surface area contributed by atoms with Gasteiger partial charge in [0.05, 0.1) is 17.8 Å². The van der Waals surface area contributed by atoms with Gasteiger partial charge in [0, 0.05) is 31.4 Å². The van der Waals surface area contributed by atoms with Crippen LogP contribution in [0.1, 0.15) is 17.8 Å². The summed E-state index contributed by atoms with van der Waals surface area (Å²) in [5.41, 5.74) is 2.06. The first-order valence-corrected chi connectivity index (χ1v) is 11.0. The Balaban J connectivity index is 1.45. The Morgan fingerprint density at radius 2 is 2.07 bits per heavy atom. The first-order valence-electron chi connectivity index (χ1n) is 9.32. The Morgan fingerprint density at radius 1 is 1.17 bits per heavy atom. The summed E-state index contributed by atoms with van der Waals surface area (Å²) >= 11 is 3.24. The zero-order valence-electron chi connectivity index (χ0n) is 15.9. The van der Waals surface area contributed by atoms with Gasteiger partial charge < -0.3 is 10.6 Å². The minimum absolute atomic E-state index is 0.213. The number of hydrogen-bond acceptors (Lipinski definition) is 5. The standard InChI is InChI=1S/C21H17N5O2S2/c1-11-18(20(27)24-13-4-5-14-12(9-13)10-22-26-14)19(25-21(28)23-11)17-7-6-16(30-17)15-3-2-8-29-15/h2-10,18-19H,1H3,(H,22,26)(H,24,27)(H,25,28). The normalized spacial score (nSPS) is 18.8. The van der Waals surface area contributed by atoms with Crippen LogP contribution in [0.4, 0.5) is 10.5 Å². The molecule has 0 saturated carbocycles. The molecule has 4 heterocycles. The summed E-state index contributed by atoms with van der Waals surface area (Å²) < 4.78 is 0. The maximum atomic E-state index is 13.2. The Morgan fingerprint density at radius 3 is 2.90 bits per heavy atom. The van der Waals surface area contributed by atoms with Crippen LogP contribution >= 0.6 is 22.7 Å². The molecule has 1 aromatic carbocycles. The van der Waals surface area contributed by atoms with E-state index >= 15 is 0 Å². The van der Waals surface area contributed by atoms with Gasteiger partial charge in [-0.05, 0) is 48.7 Å². The molecule has 7 nitrogen and oxygen atoms in total. The lowest BCUT2D eigenvalue weighted by Gasteiger charge is -2.29. The van der Waals surface area contributed by atoms with E-state index in [9.17, 15) is 9.59 Å². The molecule has 0 radical (unpaired) electrons. The molecule has 0 bridgehead atoms. The quantitative estimate of drug-likeness (QED) is 0.428. The molecular weight excluding hydrogens is 418 g/mol. The largest absolute Gasteiger partial charge is 0.341 e. The van der Waals surface area contributed by atoms with E-state index in [-0.39, 0.29) is 5.91 Å². The molecule has 0 saturated heterocycles. The van der Waals surface area contributed by atoms with Crippen molar-refractivity contribution in [2.24, 2.45) is 10.9 Å². The van der Waals surface area contributed by atoms with E-state index < -0.39 is 18.0 Å². The Hall–Kier alpha value is -3.30. The molecule has 0 aliphatic carbocycles. The van der Waals surface area contributed by atoms with Gasteiger partial charge in [0.2, 0.25) is 5.91 Å². The van der Waals surface area contributed by atoms with E-state index in [1.54, 1.807) is 35.8 Å². The number of amides is 3. The van der Waals surface area contributed by atoms with Crippen LogP contribution in [0.2, 0.25) is 0 Å². The number of aromatic nitrogens is 2. The molecule has 5 rings (SSSR count). The summed E-state index contributed by atoms with van der Waals surface area (Å²) in [6.45, 7) is 1.73. The van der Waals surface area contributed by atoms with Crippen LogP contribution in [-0.4, -0.2) is 27.8 Å². The van der Waals surface area contributed by atoms with Crippen molar-refractivity contribution in [3.63, 3.8) is 0 Å². The number of thiophene rings is 2. The molecule has 9 heteroatoms. The van der Waals surface area contributed by atoms with Crippen molar-refractivity contribution in [2.45, 2.75) is 13.0 Å². The highest BCUT2D eigenvalue weighted by molar-refractivity contribution is 7.21. The number of aliphatic imine (C=N–C) groups is 1. The second-order valence-corrected chi connectivity index (χ2v) is 9.06. The molecule has 4 aromatic rings. The number of urea groups is 1. The number of fused-ring (bicyclic) bond motifs is 1. The van der Waals surface area contributed by atoms with Gasteiger partial charge in [0.15, 0.2) is 0 Å². The highest BCUT2D eigenvalue weighted by atomic mass is 32.1. The molecule has 3 amide bonds. The number of rotatable bonds is 4. The van der Waals surface area contributed by atoms with Crippen LogP contribution in [0.25, 0.3) is 20.7 Å². The number of benzene rings is 1. The van der Waals surface area contributed by atoms with Crippen LogP contribution in [0, 0.1) is 5.92 Å². The first kappa shape index (κ1) is 18.7. The van der Waals surface area contributed by atoms with Crippen LogP contribution < -0.4 is 10.6 Å². The third-order valence-electron chi connectivity index (χ3n) is 5.03. The van der Waals surface area contributed by atoms with Crippen LogP contribution in [0.15, 0.2) is 59.0 Å². The summed E-state index contributed by atoms with van der Waals surface area (Å²) in [6, 6.07) is 12.7. The average Bonchev–Trinajstić information content (AvgIpc) is 3.47. The lowest BCUT2D eigenvalue weighted by molar-refractivity contribution is -0.118. The number of carbonyl (C=O) groups is 2. The molecule has 150 valence electrons. The maximum Gasteiger partial charge on any atom is 0.341 e. The summed E-state index contributed by atoms with van der Waals surface area (Å²) in [7, 11) is 0. The average molecular weight is 436 g/mol. The number of carbonyl (C=O) groups excluding carboxylic acids is 2. The van der Waals surface area contributed by atoms with Gasteiger partial charge in [-0.1, -0.05) is 6.07 Å². The van der Waals surface area contributed by atoms with Gasteiger partial charge in [-0.25, -0.2) is 9.79 Å². The molecule has 2 unspecified atom stereocenters. The van der Waals surface area contributed by atoms with Crippen molar-refractivity contribution in [1.29, 1.82) is 0 Å². The fourth-order valence-corrected chi connectivity index (χ4v) is 5.54. The summed E-state index contributed by atoms with van der Waals surface area (Å²) in [4.78, 5) is 32.5. The summed E-state index contributed by atoms with van der Waals surface area (Å²) in [5.74, 6) is -0.812. The molecule has 3 N–H and O–H groups in total. The highest BCUT2D eigenvalue weighted by Gasteiger charge is 2.37. The highest BCUT2D eigenvalue weighted by Crippen LogP contribution is 2.38. The number of H-pyrrole nitrogens is 1. The number of nitrogens with one attached hydrogen (secondary N) is 3. The van der Waals surface area contributed by atoms with Gasteiger partial charge in [0.25, 0.3) is 0 Å². The third-order valence-corrected chi connectivity index (χ3v) is 7.26. The molecule has 3 aromatic heterocycles. The molecular formula is C21H17N5O2S2. The van der Waals surface area contributed by atoms with Crippen molar-refractivity contribution in [3.05, 3.63) is 58.9 Å². The molecule has 0 fully saturated rings. The van der Waals surface area contributed by atoms with Crippen LogP contribution in [0.3, 0.4) is 0 Å². The predicted octanol–water partition coefficient (Wildman–Crippen LogP) is 4.83. The van der Waals surface area contributed by atoms with E-state index in [1.807, 2.05) is 41.8 Å². The number of hydrogen-bond donors (Lipinski definition) is 3. The molecule has 2 atom stereocenters. The molecule has 0 spiro atoms. The number of anilines is 1. The van der Waals surface area contributed by atoms with Crippen molar-refractivity contribution in [3.8, 4) is 9.75 Å². The summed E-state index contributed by atoms with van der Waals surface area (Å²) in [6.07, 6.45) is 1.71. The Bertz CT molecular complexity index is 1270. The maximum absolute atomic E-state index is 13.2. The van der Waals surface area contributed by atoms with Gasteiger partial charge in [-0.3, -0.25) is 9.89 Å². The topological polar surface area (TPSA) is 99.2 Å². The predicted molar refractivity (Wildman–Crippen MR) is 120 cm³/mol. The minimum atomic E-state index is -0.599. The van der Waals surface area contributed by atoms with Crippen molar-refractivity contribution in [1.82, 2.24) is 15.5 Å². The minimum Gasteiger partial charge on any atom is -0.327 e. The fourth-order valence-electron chi connectivity index (χ4n) is 3.61. The number of nitrogens with zero attached hydrogens (tertiary/aromatic N) is 2. The van der Waals surface area contributed by atoms with Crippen LogP contribution in [0.5, 0.6) is 0 Å². The third kappa shape index (κ3) is 3.42. The second-order valence-electron chi connectivity index (χ2n) is 7.00. The van der Waals surface area contributed by atoms with Crippen molar-refractivity contribution < 1.29 is 9.59 Å². The lowest BCUT2D eigenvalue weighted by atomic mass is 9.91. The fraction of sp³-hybridized carbons (Fsp3) is 0.143. The summed E-state index contributed by atoms with van der Waals surface area (Å²) in [5, 5.41) is 15.7. The van der Waals surface area contributed by atoms with Crippen LogP contribution in [-0.2, 0) is 4.79 Å². The molecule has 1 aliphatic rings. The van der Waals surface area contributed by atoms with E-state index in [2.05, 4.69) is 31.9 Å². The monoisotopic (exact) mass is 435 g/mol. The smallest absolute Gasteiger partial charge is 0.327 e. The Kier molecular flexibility index (Phi) is 4.68. The van der Waals surface area contributed by atoms with Gasteiger partial charge >= 0.3 is 6.03 Å². The van der Waals surface area contributed by atoms with E-state index in [0.29, 0.717) is 11.4 Å². The lowest BCUT2D eigenvalue weighted by Crippen LogP contribution is -2.45. The number of aromatic amines is 1. The first-order chi connectivity index (χ1) is 14.6. The molecule has 30 heavy (non-hydrogen) atoms. The van der Waals surface area contributed by atoms with Crippen molar-refractivity contribution >= 4 is 56.9 Å². The van der Waals surface area contributed by atoms with E-state index in [0.717, 1.165) is 25.5 Å². The van der Waals surface area contributed by atoms with E-state index in [4.69, 9.17) is 0 Å². The van der Waals surface area contributed by atoms with E-state index in [1.165, 1.54) is 0 Å². The van der Waals surface area contributed by atoms with Gasteiger partial charge in [-0.15, -0.1) is 22.7 Å². The second kappa shape index (κ2) is 7.51.